The molecule has 3 heterocycles. The number of aryl methyl sites for hydroxylation is 1. The number of fused-ring (bicyclic) bond motifs is 5. The molecule has 18 heavy (non-hydrogen) atoms. The van der Waals surface area contributed by atoms with E-state index in [1.165, 1.54) is 0 Å². The Hall–Kier alpha value is -2.63. The van der Waals surface area contributed by atoms with Crippen LogP contribution in [0.5, 0.6) is 0 Å². The van der Waals surface area contributed by atoms with Gasteiger partial charge in [-0.05, 0) is 12.1 Å². The van der Waals surface area contributed by atoms with E-state index < -0.39 is 0 Å². The second kappa shape index (κ2) is 2.98. The van der Waals surface area contributed by atoms with Crippen LogP contribution in [0.1, 0.15) is 0 Å². The fourth-order valence-corrected chi connectivity index (χ4v) is 2.44. The summed E-state index contributed by atoms with van der Waals surface area (Å²) in [6.45, 7) is 0. The van der Waals surface area contributed by atoms with Crippen LogP contribution in [0.2, 0.25) is 0 Å². The van der Waals surface area contributed by atoms with Crippen molar-refractivity contribution in [2.45, 2.75) is 0 Å². The summed E-state index contributed by atoms with van der Waals surface area (Å²) in [5.41, 5.74) is 2.93. The summed E-state index contributed by atoms with van der Waals surface area (Å²) in [6, 6.07) is 7.90. The van der Waals surface area contributed by atoms with Crippen molar-refractivity contribution >= 4 is 27.8 Å². The van der Waals surface area contributed by atoms with Crippen LogP contribution >= 0.6 is 0 Å². The summed E-state index contributed by atoms with van der Waals surface area (Å²) in [6.07, 6.45) is 1.57. The van der Waals surface area contributed by atoms with Crippen molar-refractivity contribution in [1.29, 1.82) is 0 Å². The van der Waals surface area contributed by atoms with E-state index in [1.807, 2.05) is 40.3 Å². The lowest BCUT2D eigenvalue weighted by molar-refractivity contribution is 0.973. The molecule has 0 radical (unpaired) electrons. The maximum atomic E-state index is 11.9. The second-order valence-corrected chi connectivity index (χ2v) is 4.23. The quantitative estimate of drug-likeness (QED) is 0.499. The van der Waals surface area contributed by atoms with Gasteiger partial charge in [0.25, 0.3) is 5.56 Å². The van der Waals surface area contributed by atoms with E-state index in [0.717, 1.165) is 16.8 Å². The fraction of sp³-hybridized carbons (Fsp3) is 0.0833. The molecule has 3 aromatic heterocycles. The van der Waals surface area contributed by atoms with Crippen LogP contribution in [0.25, 0.3) is 27.8 Å². The first kappa shape index (κ1) is 9.41. The first-order valence-electron chi connectivity index (χ1n) is 5.56. The molecule has 6 heteroatoms. The average molecular weight is 239 g/mol. The van der Waals surface area contributed by atoms with Crippen molar-refractivity contribution in [3.8, 4) is 0 Å². The predicted octanol–water partition coefficient (Wildman–Crippen LogP) is 1.06. The van der Waals surface area contributed by atoms with E-state index in [-0.39, 0.29) is 5.56 Å². The molecular formula is C12H9N5O. The lowest BCUT2D eigenvalue weighted by Crippen LogP contribution is -2.08. The van der Waals surface area contributed by atoms with Gasteiger partial charge in [0.15, 0.2) is 0 Å². The lowest BCUT2D eigenvalue weighted by Gasteiger charge is -1.93. The molecular weight excluding hydrogens is 230 g/mol. The number of aromatic nitrogens is 5. The number of H-pyrrole nitrogens is 1. The third-order valence-corrected chi connectivity index (χ3v) is 3.24. The lowest BCUT2D eigenvalue weighted by atomic mass is 10.3. The molecule has 0 aliphatic heterocycles. The first-order chi connectivity index (χ1) is 8.77. The highest BCUT2D eigenvalue weighted by Gasteiger charge is 2.15. The van der Waals surface area contributed by atoms with Gasteiger partial charge in [0.2, 0.25) is 5.78 Å². The molecule has 0 unspecified atom stereocenters. The summed E-state index contributed by atoms with van der Waals surface area (Å²) < 4.78 is 3.83. The standard InChI is InChI=1S/C12H9N5O/c1-16-8-4-2-3-5-9(8)17-10-7(14-12(16)17)6-13-15-11(10)18/h2-6H,1H3,(H,15,18). The maximum absolute atomic E-state index is 11.9. The Morgan fingerprint density at radius 2 is 2.00 bits per heavy atom. The Labute approximate surface area is 100 Å². The zero-order valence-corrected chi connectivity index (χ0v) is 9.58. The van der Waals surface area contributed by atoms with Crippen molar-refractivity contribution < 1.29 is 0 Å². The topological polar surface area (TPSA) is 68.0 Å². The van der Waals surface area contributed by atoms with E-state index in [2.05, 4.69) is 15.2 Å². The molecule has 0 bridgehead atoms. The third-order valence-electron chi connectivity index (χ3n) is 3.24. The predicted molar refractivity (Wildman–Crippen MR) is 67.6 cm³/mol. The number of nitrogens with zero attached hydrogens (tertiary/aromatic N) is 4. The monoisotopic (exact) mass is 239 g/mol. The van der Waals surface area contributed by atoms with Gasteiger partial charge in [0.05, 0.1) is 17.2 Å². The van der Waals surface area contributed by atoms with E-state index in [1.54, 1.807) is 6.20 Å². The van der Waals surface area contributed by atoms with E-state index in [9.17, 15) is 4.79 Å². The minimum Gasteiger partial charge on any atom is -0.313 e. The van der Waals surface area contributed by atoms with Crippen LogP contribution in [0.4, 0.5) is 0 Å². The van der Waals surface area contributed by atoms with E-state index in [0.29, 0.717) is 11.0 Å². The van der Waals surface area contributed by atoms with Gasteiger partial charge in [0, 0.05) is 7.05 Å². The highest BCUT2D eigenvalue weighted by atomic mass is 16.1. The third kappa shape index (κ3) is 0.951. The number of imidazole rings is 2. The molecule has 0 spiro atoms. The number of aromatic amines is 1. The summed E-state index contributed by atoms with van der Waals surface area (Å²) >= 11 is 0. The van der Waals surface area contributed by atoms with Gasteiger partial charge in [-0.3, -0.25) is 9.20 Å². The number of rotatable bonds is 0. The van der Waals surface area contributed by atoms with Crippen LogP contribution in [-0.4, -0.2) is 24.1 Å². The number of nitrogens with one attached hydrogen (secondary N) is 1. The van der Waals surface area contributed by atoms with Crippen molar-refractivity contribution in [3.63, 3.8) is 0 Å². The van der Waals surface area contributed by atoms with Crippen molar-refractivity contribution in [1.82, 2.24) is 24.1 Å². The van der Waals surface area contributed by atoms with Crippen LogP contribution < -0.4 is 5.56 Å². The fourth-order valence-electron chi connectivity index (χ4n) is 2.44. The Morgan fingerprint density at radius 3 is 2.83 bits per heavy atom. The SMILES string of the molecule is Cn1c2ccccc2n2c3c(=O)[nH]ncc3nc12. The molecule has 4 rings (SSSR count). The molecule has 88 valence electrons. The summed E-state index contributed by atoms with van der Waals surface area (Å²) in [4.78, 5) is 16.4. The molecule has 0 aliphatic carbocycles. The summed E-state index contributed by atoms with van der Waals surface area (Å²) in [5.74, 6) is 0.740. The molecule has 6 nitrogen and oxygen atoms in total. The summed E-state index contributed by atoms with van der Waals surface area (Å²) in [7, 11) is 1.94. The second-order valence-electron chi connectivity index (χ2n) is 4.23. The smallest absolute Gasteiger partial charge is 0.290 e. The molecule has 0 saturated carbocycles. The van der Waals surface area contributed by atoms with Crippen LogP contribution in [0.15, 0.2) is 35.3 Å². The van der Waals surface area contributed by atoms with Gasteiger partial charge in [-0.1, -0.05) is 12.1 Å². The Bertz CT molecular complexity index is 959. The Balaban J connectivity index is 2.46. The molecule has 1 N–H and O–H groups in total. The van der Waals surface area contributed by atoms with Gasteiger partial charge in [0.1, 0.15) is 11.0 Å². The Kier molecular flexibility index (Phi) is 1.56. The van der Waals surface area contributed by atoms with Crippen LogP contribution in [0.3, 0.4) is 0 Å². The van der Waals surface area contributed by atoms with Gasteiger partial charge in [-0.25, -0.2) is 10.1 Å². The number of hydrogen-bond acceptors (Lipinski definition) is 3. The zero-order valence-electron chi connectivity index (χ0n) is 9.58. The number of para-hydroxylation sites is 2. The molecule has 0 amide bonds. The van der Waals surface area contributed by atoms with Crippen LogP contribution in [-0.2, 0) is 7.05 Å². The normalized spacial score (nSPS) is 11.8. The Morgan fingerprint density at radius 1 is 1.22 bits per heavy atom. The van der Waals surface area contributed by atoms with Crippen molar-refractivity contribution in [3.05, 3.63) is 40.8 Å². The molecule has 1 aromatic carbocycles. The number of hydrogen-bond donors (Lipinski definition) is 1. The molecule has 4 aromatic rings. The van der Waals surface area contributed by atoms with Crippen molar-refractivity contribution in [2.24, 2.45) is 7.05 Å². The number of benzene rings is 1. The summed E-state index contributed by atoms with van der Waals surface area (Å²) in [5, 5.41) is 6.23. The highest BCUT2D eigenvalue weighted by Crippen LogP contribution is 2.22. The minimum atomic E-state index is -0.226. The van der Waals surface area contributed by atoms with Gasteiger partial charge in [-0.2, -0.15) is 5.10 Å². The minimum absolute atomic E-state index is 0.226. The van der Waals surface area contributed by atoms with Gasteiger partial charge in [-0.15, -0.1) is 0 Å². The molecule has 0 fully saturated rings. The van der Waals surface area contributed by atoms with Crippen LogP contribution in [0, 0.1) is 0 Å². The van der Waals surface area contributed by atoms with Gasteiger partial charge >= 0.3 is 0 Å². The maximum Gasteiger partial charge on any atom is 0.290 e. The molecule has 0 aliphatic rings. The average Bonchev–Trinajstić information content (AvgIpc) is 2.89. The molecule has 0 atom stereocenters. The highest BCUT2D eigenvalue weighted by molar-refractivity contribution is 5.89. The largest absolute Gasteiger partial charge is 0.313 e. The molecule has 0 saturated heterocycles. The first-order valence-corrected chi connectivity index (χ1v) is 5.56. The van der Waals surface area contributed by atoms with Crippen molar-refractivity contribution in [2.75, 3.05) is 0 Å². The zero-order chi connectivity index (χ0) is 12.3. The van der Waals surface area contributed by atoms with E-state index >= 15 is 0 Å². The van der Waals surface area contributed by atoms with E-state index in [4.69, 9.17) is 0 Å². The van der Waals surface area contributed by atoms with Gasteiger partial charge < -0.3 is 4.57 Å².